The summed E-state index contributed by atoms with van der Waals surface area (Å²) in [6.07, 6.45) is 3.17. The maximum Gasteiger partial charge on any atom is 0.138 e. The molecule has 1 heterocycles. The molecule has 1 aromatic heterocycles. The fraction of sp³-hybridized carbons (Fsp3) is 0.111. The van der Waals surface area contributed by atoms with Crippen molar-refractivity contribution < 1.29 is 0 Å². The first kappa shape index (κ1) is 8.26. The molecule has 0 amide bonds. The highest BCUT2D eigenvalue weighted by Gasteiger charge is 1.97. The minimum atomic E-state index is 0.516. The van der Waals surface area contributed by atoms with Crippen LogP contribution in [0.3, 0.4) is 0 Å². The molecule has 4 heteroatoms. The Morgan fingerprint density at radius 1 is 1.38 bits per heavy atom. The first-order chi connectivity index (χ1) is 6.40. The lowest BCUT2D eigenvalue weighted by Crippen LogP contribution is -1.94. The third-order valence-electron chi connectivity index (χ3n) is 1.75. The van der Waals surface area contributed by atoms with E-state index >= 15 is 0 Å². The standard InChI is InChI=1S/C9H8ClN3/c10-5-8-2-1-3-9(4-8)13-7-11-6-12-13/h1-4,6-7H,5H2. The van der Waals surface area contributed by atoms with Crippen LogP contribution in [0.25, 0.3) is 5.69 Å². The summed E-state index contributed by atoms with van der Waals surface area (Å²) in [5.41, 5.74) is 2.06. The summed E-state index contributed by atoms with van der Waals surface area (Å²) in [6, 6.07) is 7.88. The summed E-state index contributed by atoms with van der Waals surface area (Å²) in [5, 5.41) is 4.02. The molecule has 0 aliphatic carbocycles. The van der Waals surface area contributed by atoms with E-state index in [1.807, 2.05) is 24.3 Å². The van der Waals surface area contributed by atoms with E-state index in [1.165, 1.54) is 6.33 Å². The second-order valence-electron chi connectivity index (χ2n) is 2.64. The summed E-state index contributed by atoms with van der Waals surface area (Å²) < 4.78 is 1.70. The molecule has 0 aliphatic rings. The van der Waals surface area contributed by atoms with Crippen LogP contribution in [0.4, 0.5) is 0 Å². The summed E-state index contributed by atoms with van der Waals surface area (Å²) in [4.78, 5) is 3.87. The van der Waals surface area contributed by atoms with Gasteiger partial charge in [0, 0.05) is 5.88 Å². The highest BCUT2D eigenvalue weighted by Crippen LogP contribution is 2.10. The van der Waals surface area contributed by atoms with E-state index in [9.17, 15) is 0 Å². The van der Waals surface area contributed by atoms with Gasteiger partial charge >= 0.3 is 0 Å². The van der Waals surface area contributed by atoms with Gasteiger partial charge in [-0.2, -0.15) is 5.10 Å². The Kier molecular flexibility index (Phi) is 2.27. The van der Waals surface area contributed by atoms with Crippen LogP contribution in [0.5, 0.6) is 0 Å². The lowest BCUT2D eigenvalue weighted by atomic mass is 10.2. The van der Waals surface area contributed by atoms with Crippen LogP contribution in [0.1, 0.15) is 5.56 Å². The van der Waals surface area contributed by atoms with Gasteiger partial charge in [-0.15, -0.1) is 11.6 Å². The largest absolute Gasteiger partial charge is 0.223 e. The molecular formula is C9H8ClN3. The summed E-state index contributed by atoms with van der Waals surface area (Å²) >= 11 is 5.71. The van der Waals surface area contributed by atoms with E-state index in [2.05, 4.69) is 10.1 Å². The van der Waals surface area contributed by atoms with Crippen molar-refractivity contribution >= 4 is 11.6 Å². The molecule has 13 heavy (non-hydrogen) atoms. The Labute approximate surface area is 81.0 Å². The summed E-state index contributed by atoms with van der Waals surface area (Å²) in [5.74, 6) is 0.516. The number of rotatable bonds is 2. The summed E-state index contributed by atoms with van der Waals surface area (Å²) in [6.45, 7) is 0. The van der Waals surface area contributed by atoms with Crippen molar-refractivity contribution in [1.29, 1.82) is 0 Å². The molecule has 0 fully saturated rings. The highest BCUT2D eigenvalue weighted by molar-refractivity contribution is 6.17. The van der Waals surface area contributed by atoms with Crippen molar-refractivity contribution in [1.82, 2.24) is 14.8 Å². The normalized spacial score (nSPS) is 10.2. The van der Waals surface area contributed by atoms with E-state index in [4.69, 9.17) is 11.6 Å². The number of nitrogens with zero attached hydrogens (tertiary/aromatic N) is 3. The molecule has 0 N–H and O–H groups in total. The molecule has 1 aromatic carbocycles. The predicted molar refractivity (Wildman–Crippen MR) is 50.9 cm³/mol. The van der Waals surface area contributed by atoms with Gasteiger partial charge in [0.25, 0.3) is 0 Å². The monoisotopic (exact) mass is 193 g/mol. The lowest BCUT2D eigenvalue weighted by molar-refractivity contribution is 0.877. The van der Waals surface area contributed by atoms with E-state index in [-0.39, 0.29) is 0 Å². The molecule has 0 aliphatic heterocycles. The predicted octanol–water partition coefficient (Wildman–Crippen LogP) is 2.01. The highest BCUT2D eigenvalue weighted by atomic mass is 35.5. The van der Waals surface area contributed by atoms with Gasteiger partial charge in [0.1, 0.15) is 12.7 Å². The zero-order chi connectivity index (χ0) is 9.10. The topological polar surface area (TPSA) is 30.7 Å². The van der Waals surface area contributed by atoms with Crippen LogP contribution in [0.15, 0.2) is 36.9 Å². The lowest BCUT2D eigenvalue weighted by Gasteiger charge is -2.01. The molecule has 0 saturated carbocycles. The number of aromatic nitrogens is 3. The molecule has 66 valence electrons. The van der Waals surface area contributed by atoms with Gasteiger partial charge in [-0.1, -0.05) is 12.1 Å². The minimum Gasteiger partial charge on any atom is -0.223 e. The molecule has 0 bridgehead atoms. The third kappa shape index (κ3) is 1.70. The smallest absolute Gasteiger partial charge is 0.138 e. The molecule has 0 atom stereocenters. The van der Waals surface area contributed by atoms with Crippen LogP contribution in [-0.4, -0.2) is 14.8 Å². The number of benzene rings is 1. The van der Waals surface area contributed by atoms with Gasteiger partial charge in [-0.25, -0.2) is 9.67 Å². The first-order valence-electron chi connectivity index (χ1n) is 3.90. The van der Waals surface area contributed by atoms with Crippen LogP contribution in [-0.2, 0) is 5.88 Å². The zero-order valence-electron chi connectivity index (χ0n) is 6.89. The molecule has 0 spiro atoms. The first-order valence-corrected chi connectivity index (χ1v) is 4.43. The molecule has 0 radical (unpaired) electrons. The Morgan fingerprint density at radius 2 is 2.31 bits per heavy atom. The Balaban J connectivity index is 2.41. The van der Waals surface area contributed by atoms with Crippen molar-refractivity contribution in [3.63, 3.8) is 0 Å². The molecular weight excluding hydrogens is 186 g/mol. The van der Waals surface area contributed by atoms with Crippen LogP contribution in [0, 0.1) is 0 Å². The van der Waals surface area contributed by atoms with Gasteiger partial charge in [0.15, 0.2) is 0 Å². The number of hydrogen-bond acceptors (Lipinski definition) is 2. The van der Waals surface area contributed by atoms with Gasteiger partial charge in [-0.3, -0.25) is 0 Å². The second kappa shape index (κ2) is 3.58. The Hall–Kier alpha value is -1.35. The molecule has 3 nitrogen and oxygen atoms in total. The Bertz CT molecular complexity index is 384. The van der Waals surface area contributed by atoms with Crippen molar-refractivity contribution in [3.8, 4) is 5.69 Å². The maximum atomic E-state index is 5.71. The number of hydrogen-bond donors (Lipinski definition) is 0. The van der Waals surface area contributed by atoms with Gasteiger partial charge in [0.05, 0.1) is 5.69 Å². The molecule has 0 unspecified atom stereocenters. The second-order valence-corrected chi connectivity index (χ2v) is 2.91. The van der Waals surface area contributed by atoms with Gasteiger partial charge in [-0.05, 0) is 17.7 Å². The van der Waals surface area contributed by atoms with Crippen LogP contribution in [0.2, 0.25) is 0 Å². The van der Waals surface area contributed by atoms with Crippen LogP contribution < -0.4 is 0 Å². The van der Waals surface area contributed by atoms with E-state index < -0.39 is 0 Å². The molecule has 0 saturated heterocycles. The zero-order valence-corrected chi connectivity index (χ0v) is 7.65. The SMILES string of the molecule is ClCc1cccc(-n2cncn2)c1. The van der Waals surface area contributed by atoms with Crippen molar-refractivity contribution in [2.45, 2.75) is 5.88 Å². The number of halogens is 1. The maximum absolute atomic E-state index is 5.71. The third-order valence-corrected chi connectivity index (χ3v) is 2.06. The van der Waals surface area contributed by atoms with Crippen molar-refractivity contribution in [2.24, 2.45) is 0 Å². The average molecular weight is 194 g/mol. The molecule has 2 aromatic rings. The fourth-order valence-corrected chi connectivity index (χ4v) is 1.29. The van der Waals surface area contributed by atoms with Crippen LogP contribution >= 0.6 is 11.6 Å². The Morgan fingerprint density at radius 3 is 3.00 bits per heavy atom. The van der Waals surface area contributed by atoms with Gasteiger partial charge in [0.2, 0.25) is 0 Å². The van der Waals surface area contributed by atoms with Crippen molar-refractivity contribution in [2.75, 3.05) is 0 Å². The van der Waals surface area contributed by atoms with E-state index in [0.29, 0.717) is 5.88 Å². The van der Waals surface area contributed by atoms with E-state index in [0.717, 1.165) is 11.3 Å². The number of alkyl halides is 1. The summed E-state index contributed by atoms with van der Waals surface area (Å²) in [7, 11) is 0. The van der Waals surface area contributed by atoms with E-state index in [1.54, 1.807) is 11.0 Å². The minimum absolute atomic E-state index is 0.516. The molecule has 2 rings (SSSR count). The quantitative estimate of drug-likeness (QED) is 0.684. The average Bonchev–Trinajstić information content (AvgIpc) is 2.71. The van der Waals surface area contributed by atoms with Crippen molar-refractivity contribution in [3.05, 3.63) is 42.5 Å². The van der Waals surface area contributed by atoms with Gasteiger partial charge < -0.3 is 0 Å². The fourth-order valence-electron chi connectivity index (χ4n) is 1.12.